The van der Waals surface area contributed by atoms with Crippen LogP contribution in [0.15, 0.2) is 11.6 Å². The highest BCUT2D eigenvalue weighted by molar-refractivity contribution is 5.84. The predicted octanol–water partition coefficient (Wildman–Crippen LogP) is 3.49. The molecule has 0 bridgehead atoms. The van der Waals surface area contributed by atoms with Crippen LogP contribution in [0.3, 0.4) is 0 Å². The molecule has 3 atom stereocenters. The summed E-state index contributed by atoms with van der Waals surface area (Å²) in [6, 6.07) is 0. The summed E-state index contributed by atoms with van der Waals surface area (Å²) in [5, 5.41) is 9.64. The Labute approximate surface area is 122 Å². The molecule has 1 saturated carbocycles. The molecule has 0 amide bonds. The maximum absolute atomic E-state index is 12.1. The first-order valence-corrected chi connectivity index (χ1v) is 7.70. The van der Waals surface area contributed by atoms with Crippen LogP contribution in [-0.4, -0.2) is 16.5 Å². The van der Waals surface area contributed by atoms with E-state index in [0.717, 1.165) is 32.1 Å². The van der Waals surface area contributed by atoms with Crippen molar-refractivity contribution in [2.24, 2.45) is 17.3 Å². The summed E-state index contributed by atoms with van der Waals surface area (Å²) in [5.74, 6) is 7.00. The van der Waals surface area contributed by atoms with Gasteiger partial charge in [0.1, 0.15) is 11.4 Å². The molecular formula is C18H26O2. The van der Waals surface area contributed by atoms with E-state index >= 15 is 0 Å². The summed E-state index contributed by atoms with van der Waals surface area (Å²) >= 11 is 0. The minimum Gasteiger partial charge on any atom is -0.378 e. The fourth-order valence-corrected chi connectivity index (χ4v) is 3.84. The standard InChI is InChI=1S/C18H26O2/c1-13(7-5-11-17(2,3)20)14-9-10-15-16(19)8-6-12-18(14,15)4/h9,13,15,20H,6-8,10,12H2,1-4H3/t13-,15-,18+/m0/s1. The Morgan fingerprint density at radius 2 is 2.25 bits per heavy atom. The van der Waals surface area contributed by atoms with Crippen molar-refractivity contribution in [1.29, 1.82) is 0 Å². The molecule has 20 heavy (non-hydrogen) atoms. The van der Waals surface area contributed by atoms with Gasteiger partial charge < -0.3 is 5.11 Å². The van der Waals surface area contributed by atoms with Gasteiger partial charge >= 0.3 is 0 Å². The largest absolute Gasteiger partial charge is 0.378 e. The van der Waals surface area contributed by atoms with E-state index in [-0.39, 0.29) is 11.3 Å². The first kappa shape index (κ1) is 15.3. The summed E-state index contributed by atoms with van der Waals surface area (Å²) in [7, 11) is 0. The molecule has 110 valence electrons. The highest BCUT2D eigenvalue weighted by Gasteiger charge is 2.47. The molecule has 0 radical (unpaired) electrons. The van der Waals surface area contributed by atoms with E-state index in [2.05, 4.69) is 31.8 Å². The molecular weight excluding hydrogens is 248 g/mol. The fraction of sp³-hybridized carbons (Fsp3) is 0.722. The normalized spacial score (nSPS) is 31.1. The van der Waals surface area contributed by atoms with Crippen LogP contribution in [0.2, 0.25) is 0 Å². The van der Waals surface area contributed by atoms with Crippen LogP contribution >= 0.6 is 0 Å². The molecule has 0 aromatic carbocycles. The van der Waals surface area contributed by atoms with Crippen molar-refractivity contribution in [3.8, 4) is 11.8 Å². The van der Waals surface area contributed by atoms with E-state index < -0.39 is 5.60 Å². The molecule has 2 nitrogen and oxygen atoms in total. The molecule has 2 heteroatoms. The smallest absolute Gasteiger partial charge is 0.137 e. The van der Waals surface area contributed by atoms with Crippen LogP contribution in [0.5, 0.6) is 0 Å². The maximum Gasteiger partial charge on any atom is 0.137 e. The molecule has 2 aliphatic carbocycles. The molecule has 0 aromatic rings. The van der Waals surface area contributed by atoms with Crippen molar-refractivity contribution in [3.63, 3.8) is 0 Å². The van der Waals surface area contributed by atoms with Gasteiger partial charge in [0.25, 0.3) is 0 Å². The van der Waals surface area contributed by atoms with Gasteiger partial charge in [-0.05, 0) is 44.4 Å². The van der Waals surface area contributed by atoms with Crippen molar-refractivity contribution in [2.75, 3.05) is 0 Å². The number of Topliss-reactive ketones (excluding diaryl/α,β-unsaturated/α-hetero) is 1. The Bertz CT molecular complexity index is 484. The van der Waals surface area contributed by atoms with Crippen molar-refractivity contribution >= 4 is 5.78 Å². The Balaban J connectivity index is 2.09. The van der Waals surface area contributed by atoms with Gasteiger partial charge in [0, 0.05) is 18.8 Å². The monoisotopic (exact) mass is 274 g/mol. The first-order chi connectivity index (χ1) is 9.24. The highest BCUT2D eigenvalue weighted by atomic mass is 16.3. The first-order valence-electron chi connectivity index (χ1n) is 7.70. The molecule has 0 unspecified atom stereocenters. The molecule has 0 heterocycles. The maximum atomic E-state index is 12.1. The Kier molecular flexibility index (Phi) is 4.12. The summed E-state index contributed by atoms with van der Waals surface area (Å²) in [6.45, 7) is 7.86. The molecule has 0 saturated heterocycles. The quantitative estimate of drug-likeness (QED) is 0.618. The molecule has 2 aliphatic rings. The molecule has 2 rings (SSSR count). The highest BCUT2D eigenvalue weighted by Crippen LogP contribution is 2.53. The molecule has 0 spiro atoms. The van der Waals surface area contributed by atoms with Crippen LogP contribution in [0.1, 0.15) is 59.8 Å². The zero-order valence-electron chi connectivity index (χ0n) is 13.1. The third-order valence-corrected chi connectivity index (χ3v) is 4.84. The van der Waals surface area contributed by atoms with E-state index in [1.807, 2.05) is 0 Å². The van der Waals surface area contributed by atoms with Gasteiger partial charge in [-0.1, -0.05) is 37.3 Å². The number of carbonyl (C=O) groups is 1. The van der Waals surface area contributed by atoms with Crippen LogP contribution in [0.4, 0.5) is 0 Å². The number of allylic oxidation sites excluding steroid dienone is 2. The van der Waals surface area contributed by atoms with Gasteiger partial charge in [0.2, 0.25) is 0 Å². The van der Waals surface area contributed by atoms with Crippen LogP contribution in [-0.2, 0) is 4.79 Å². The zero-order valence-corrected chi connectivity index (χ0v) is 13.1. The third kappa shape index (κ3) is 2.99. The minimum atomic E-state index is -0.920. The van der Waals surface area contributed by atoms with Gasteiger partial charge in [-0.25, -0.2) is 0 Å². The lowest BCUT2D eigenvalue weighted by Crippen LogP contribution is -2.36. The number of aliphatic hydroxyl groups is 1. The summed E-state index contributed by atoms with van der Waals surface area (Å²) in [6.07, 6.45) is 6.85. The fourth-order valence-electron chi connectivity index (χ4n) is 3.84. The number of hydrogen-bond acceptors (Lipinski definition) is 2. The van der Waals surface area contributed by atoms with Gasteiger partial charge in [-0.15, -0.1) is 0 Å². The van der Waals surface area contributed by atoms with E-state index in [1.165, 1.54) is 5.57 Å². The van der Waals surface area contributed by atoms with Crippen molar-refractivity contribution in [3.05, 3.63) is 11.6 Å². The second kappa shape index (κ2) is 5.37. The molecule has 1 fully saturated rings. The molecule has 1 N–H and O–H groups in total. The second-order valence-electron chi connectivity index (χ2n) is 7.15. The van der Waals surface area contributed by atoms with Crippen LogP contribution in [0, 0.1) is 29.1 Å². The number of ketones is 1. The number of fused-ring (bicyclic) bond motifs is 1. The SMILES string of the molecule is C[C@@H](CC#CC(C)(C)O)C1=CC[C@H]2C(=O)CCC[C@]12C. The van der Waals surface area contributed by atoms with Gasteiger partial charge in [-0.2, -0.15) is 0 Å². The minimum absolute atomic E-state index is 0.0607. The lowest BCUT2D eigenvalue weighted by molar-refractivity contribution is -0.128. The zero-order chi connectivity index (χ0) is 15.0. The van der Waals surface area contributed by atoms with Crippen LogP contribution in [0.25, 0.3) is 0 Å². The summed E-state index contributed by atoms with van der Waals surface area (Å²) in [5.41, 5.74) is 0.558. The molecule has 0 aromatic heterocycles. The third-order valence-electron chi connectivity index (χ3n) is 4.84. The lowest BCUT2D eigenvalue weighted by Gasteiger charge is -2.39. The van der Waals surface area contributed by atoms with Gasteiger partial charge in [-0.3, -0.25) is 4.79 Å². The Morgan fingerprint density at radius 3 is 2.90 bits per heavy atom. The van der Waals surface area contributed by atoms with E-state index in [0.29, 0.717) is 11.7 Å². The number of hydrogen-bond donors (Lipinski definition) is 1. The summed E-state index contributed by atoms with van der Waals surface area (Å²) < 4.78 is 0. The average molecular weight is 274 g/mol. The van der Waals surface area contributed by atoms with Crippen molar-refractivity contribution < 1.29 is 9.90 Å². The van der Waals surface area contributed by atoms with Crippen molar-refractivity contribution in [2.45, 2.75) is 65.4 Å². The van der Waals surface area contributed by atoms with Gasteiger partial charge in [0.05, 0.1) is 0 Å². The Morgan fingerprint density at radius 1 is 1.55 bits per heavy atom. The van der Waals surface area contributed by atoms with E-state index in [9.17, 15) is 9.90 Å². The molecule has 0 aliphatic heterocycles. The van der Waals surface area contributed by atoms with Crippen LogP contribution < -0.4 is 0 Å². The Hall–Kier alpha value is -1.07. The average Bonchev–Trinajstić information content (AvgIpc) is 2.66. The number of carbonyl (C=O) groups excluding carboxylic acids is 1. The van der Waals surface area contributed by atoms with E-state index in [1.54, 1.807) is 13.8 Å². The van der Waals surface area contributed by atoms with E-state index in [4.69, 9.17) is 0 Å². The number of rotatable bonds is 2. The lowest BCUT2D eigenvalue weighted by atomic mass is 9.63. The summed E-state index contributed by atoms with van der Waals surface area (Å²) in [4.78, 5) is 12.1. The topological polar surface area (TPSA) is 37.3 Å². The van der Waals surface area contributed by atoms with Gasteiger partial charge in [0.15, 0.2) is 0 Å². The predicted molar refractivity (Wildman–Crippen MR) is 81.0 cm³/mol. The van der Waals surface area contributed by atoms with Crippen molar-refractivity contribution in [1.82, 2.24) is 0 Å². The second-order valence-corrected chi connectivity index (χ2v) is 7.15.